The highest BCUT2D eigenvalue weighted by Gasteiger charge is 2.53. The summed E-state index contributed by atoms with van der Waals surface area (Å²) in [5, 5.41) is 0. The van der Waals surface area contributed by atoms with Crippen LogP contribution in [0.5, 0.6) is 0 Å². The second-order valence-corrected chi connectivity index (χ2v) is 3.77. The molecule has 1 spiro atoms. The van der Waals surface area contributed by atoms with Crippen LogP contribution in [0.25, 0.3) is 0 Å². The molecule has 0 aromatic rings. The van der Waals surface area contributed by atoms with E-state index >= 15 is 0 Å². The molecule has 0 amide bonds. The van der Waals surface area contributed by atoms with Crippen LogP contribution < -0.4 is 0 Å². The van der Waals surface area contributed by atoms with Crippen LogP contribution in [0, 0.1) is 5.92 Å². The van der Waals surface area contributed by atoms with E-state index < -0.39 is 0 Å². The average Bonchev–Trinajstić information content (AvgIpc) is 2.06. The zero-order valence-corrected chi connectivity index (χ0v) is 6.93. The van der Waals surface area contributed by atoms with Crippen molar-refractivity contribution in [2.75, 3.05) is 0 Å². The van der Waals surface area contributed by atoms with Crippen LogP contribution in [0.2, 0.25) is 0 Å². The van der Waals surface area contributed by atoms with Crippen LogP contribution in [0.3, 0.4) is 0 Å². The van der Waals surface area contributed by atoms with Crippen LogP contribution in [0.15, 0.2) is 0 Å². The van der Waals surface area contributed by atoms with Gasteiger partial charge in [0.25, 0.3) is 0 Å². The highest BCUT2D eigenvalue weighted by molar-refractivity contribution is 5.79. The third kappa shape index (κ3) is 0.883. The SMILES string of the molecule is CC1C(=O)OC12CCCCC2. The number of ether oxygens (including phenoxy) is 1. The van der Waals surface area contributed by atoms with Crippen LogP contribution in [0.1, 0.15) is 39.0 Å². The number of hydrogen-bond acceptors (Lipinski definition) is 2. The maximum absolute atomic E-state index is 10.9. The van der Waals surface area contributed by atoms with Gasteiger partial charge in [-0.05, 0) is 32.6 Å². The molecule has 2 heteroatoms. The van der Waals surface area contributed by atoms with Crippen LogP contribution in [-0.4, -0.2) is 11.6 Å². The molecule has 0 bridgehead atoms. The van der Waals surface area contributed by atoms with Crippen molar-refractivity contribution >= 4 is 5.97 Å². The maximum atomic E-state index is 10.9. The van der Waals surface area contributed by atoms with Crippen molar-refractivity contribution in [3.8, 4) is 0 Å². The van der Waals surface area contributed by atoms with Crippen LogP contribution in [-0.2, 0) is 9.53 Å². The molecule has 0 aromatic carbocycles. The third-order valence-electron chi connectivity index (χ3n) is 3.15. The number of carbonyl (C=O) groups is 1. The number of esters is 1. The molecule has 62 valence electrons. The minimum Gasteiger partial charge on any atom is -0.458 e. The van der Waals surface area contributed by atoms with Crippen molar-refractivity contribution in [3.63, 3.8) is 0 Å². The number of rotatable bonds is 0. The Bertz CT molecular complexity index is 180. The molecule has 0 aromatic heterocycles. The van der Waals surface area contributed by atoms with Crippen molar-refractivity contribution in [3.05, 3.63) is 0 Å². The highest BCUT2D eigenvalue weighted by atomic mass is 16.6. The molecule has 1 heterocycles. The third-order valence-corrected chi connectivity index (χ3v) is 3.15. The number of hydrogen-bond donors (Lipinski definition) is 0. The fourth-order valence-electron chi connectivity index (χ4n) is 2.22. The largest absolute Gasteiger partial charge is 0.458 e. The Morgan fingerprint density at radius 1 is 1.36 bits per heavy atom. The molecule has 1 unspecified atom stereocenters. The van der Waals surface area contributed by atoms with E-state index in [4.69, 9.17) is 4.74 Å². The smallest absolute Gasteiger partial charge is 0.313 e. The number of carbonyl (C=O) groups excluding carboxylic acids is 1. The van der Waals surface area contributed by atoms with E-state index in [9.17, 15) is 4.79 Å². The molecule has 2 aliphatic rings. The van der Waals surface area contributed by atoms with Crippen LogP contribution >= 0.6 is 0 Å². The highest BCUT2D eigenvalue weighted by Crippen LogP contribution is 2.45. The molecule has 0 radical (unpaired) electrons. The van der Waals surface area contributed by atoms with Crippen molar-refractivity contribution < 1.29 is 9.53 Å². The van der Waals surface area contributed by atoms with E-state index in [2.05, 4.69) is 0 Å². The van der Waals surface area contributed by atoms with Gasteiger partial charge in [0.15, 0.2) is 0 Å². The zero-order chi connectivity index (χ0) is 7.90. The monoisotopic (exact) mass is 154 g/mol. The predicted molar refractivity (Wildman–Crippen MR) is 41.1 cm³/mol. The summed E-state index contributed by atoms with van der Waals surface area (Å²) in [4.78, 5) is 10.9. The fourth-order valence-corrected chi connectivity index (χ4v) is 2.22. The van der Waals surface area contributed by atoms with Gasteiger partial charge in [-0.1, -0.05) is 6.42 Å². The molecular formula is C9H14O2. The Morgan fingerprint density at radius 2 is 2.00 bits per heavy atom. The predicted octanol–water partition coefficient (Wildman–Crippen LogP) is 1.88. The Hall–Kier alpha value is -0.530. The molecule has 1 saturated heterocycles. The second kappa shape index (κ2) is 2.23. The minimum absolute atomic E-state index is 0.00639. The van der Waals surface area contributed by atoms with Gasteiger partial charge in [-0.15, -0.1) is 0 Å². The van der Waals surface area contributed by atoms with E-state index in [-0.39, 0.29) is 17.5 Å². The van der Waals surface area contributed by atoms with E-state index in [0.717, 1.165) is 12.8 Å². The van der Waals surface area contributed by atoms with Crippen molar-refractivity contribution in [2.45, 2.75) is 44.6 Å². The Balaban J connectivity index is 2.05. The van der Waals surface area contributed by atoms with Gasteiger partial charge in [0.05, 0.1) is 5.92 Å². The summed E-state index contributed by atoms with van der Waals surface area (Å²) in [5.41, 5.74) is -0.0185. The average molecular weight is 154 g/mol. The second-order valence-electron chi connectivity index (χ2n) is 3.77. The Labute approximate surface area is 66.9 Å². The molecule has 2 rings (SSSR count). The van der Waals surface area contributed by atoms with Gasteiger partial charge < -0.3 is 4.74 Å². The summed E-state index contributed by atoms with van der Waals surface area (Å²) in [6.45, 7) is 2.00. The Kier molecular flexibility index (Phi) is 1.44. The van der Waals surface area contributed by atoms with E-state index in [1.54, 1.807) is 0 Å². The van der Waals surface area contributed by atoms with E-state index in [1.807, 2.05) is 6.92 Å². The normalized spacial score (nSPS) is 34.6. The standard InChI is InChI=1S/C9H14O2/c1-7-8(10)11-9(7)5-3-2-4-6-9/h7H,2-6H2,1H3. The quantitative estimate of drug-likeness (QED) is 0.498. The lowest BCUT2D eigenvalue weighted by Crippen LogP contribution is -2.56. The van der Waals surface area contributed by atoms with Gasteiger partial charge in [0, 0.05) is 0 Å². The first-order valence-corrected chi connectivity index (χ1v) is 4.47. The molecule has 1 aliphatic carbocycles. The molecule has 2 nitrogen and oxygen atoms in total. The molecule has 0 N–H and O–H groups in total. The van der Waals surface area contributed by atoms with Crippen molar-refractivity contribution in [1.29, 1.82) is 0 Å². The maximum Gasteiger partial charge on any atom is 0.313 e. The Morgan fingerprint density at radius 3 is 2.45 bits per heavy atom. The fraction of sp³-hybridized carbons (Fsp3) is 0.889. The molecule has 1 aliphatic heterocycles. The van der Waals surface area contributed by atoms with Crippen LogP contribution in [0.4, 0.5) is 0 Å². The molecule has 11 heavy (non-hydrogen) atoms. The first-order chi connectivity index (χ1) is 5.25. The van der Waals surface area contributed by atoms with Gasteiger partial charge >= 0.3 is 5.97 Å². The zero-order valence-electron chi connectivity index (χ0n) is 6.93. The van der Waals surface area contributed by atoms with Gasteiger partial charge in [-0.25, -0.2) is 0 Å². The molecule has 2 fully saturated rings. The first-order valence-electron chi connectivity index (χ1n) is 4.47. The summed E-state index contributed by atoms with van der Waals surface area (Å²) >= 11 is 0. The molecule has 1 atom stereocenters. The lowest BCUT2D eigenvalue weighted by Gasteiger charge is -2.48. The van der Waals surface area contributed by atoms with E-state index in [0.29, 0.717) is 0 Å². The lowest BCUT2D eigenvalue weighted by atomic mass is 9.72. The molecular weight excluding hydrogens is 140 g/mol. The summed E-state index contributed by atoms with van der Waals surface area (Å²) in [5.74, 6) is 0.176. The summed E-state index contributed by atoms with van der Waals surface area (Å²) < 4.78 is 5.24. The van der Waals surface area contributed by atoms with Crippen molar-refractivity contribution in [1.82, 2.24) is 0 Å². The summed E-state index contributed by atoms with van der Waals surface area (Å²) in [7, 11) is 0. The molecule has 1 saturated carbocycles. The first kappa shape index (κ1) is 7.14. The van der Waals surface area contributed by atoms with E-state index in [1.165, 1.54) is 19.3 Å². The minimum atomic E-state index is -0.0185. The lowest BCUT2D eigenvalue weighted by molar-refractivity contribution is -0.217. The van der Waals surface area contributed by atoms with Gasteiger partial charge in [0.1, 0.15) is 5.60 Å². The van der Waals surface area contributed by atoms with Crippen molar-refractivity contribution in [2.24, 2.45) is 5.92 Å². The van der Waals surface area contributed by atoms with Gasteiger partial charge in [-0.2, -0.15) is 0 Å². The topological polar surface area (TPSA) is 26.3 Å². The summed E-state index contributed by atoms with van der Waals surface area (Å²) in [6, 6.07) is 0. The van der Waals surface area contributed by atoms with Gasteiger partial charge in [-0.3, -0.25) is 4.79 Å². The summed E-state index contributed by atoms with van der Waals surface area (Å²) in [6.07, 6.45) is 5.97. The van der Waals surface area contributed by atoms with Gasteiger partial charge in [0.2, 0.25) is 0 Å².